The highest BCUT2D eigenvalue weighted by atomic mass is 16.5. The zero-order chi connectivity index (χ0) is 19.5. The Kier molecular flexibility index (Phi) is 9.54. The van der Waals surface area contributed by atoms with Crippen LogP contribution in [-0.2, 0) is 14.2 Å². The fraction of sp³-hybridized carbons (Fsp3) is 0.500. The molecule has 0 aliphatic carbocycles. The minimum atomic E-state index is 0.166. The monoisotopic (exact) mass is 370 g/mol. The lowest BCUT2D eigenvalue weighted by atomic mass is 9.96. The van der Waals surface area contributed by atoms with Gasteiger partial charge in [0.05, 0.1) is 38.6 Å². The van der Waals surface area contributed by atoms with Gasteiger partial charge in [-0.3, -0.25) is 0 Å². The van der Waals surface area contributed by atoms with Gasteiger partial charge in [0.15, 0.2) is 0 Å². The van der Waals surface area contributed by atoms with E-state index in [0.29, 0.717) is 38.3 Å². The first kappa shape index (κ1) is 21.6. The highest BCUT2D eigenvalue weighted by Gasteiger charge is 2.15. The predicted octanol–water partition coefficient (Wildman–Crippen LogP) is 5.42. The molecule has 4 atom stereocenters. The third-order valence-electron chi connectivity index (χ3n) is 5.28. The van der Waals surface area contributed by atoms with E-state index in [1.807, 2.05) is 12.1 Å². The van der Waals surface area contributed by atoms with Gasteiger partial charge in [-0.05, 0) is 25.0 Å². The summed E-state index contributed by atoms with van der Waals surface area (Å²) in [5, 5.41) is 0. The van der Waals surface area contributed by atoms with E-state index in [-0.39, 0.29) is 12.2 Å². The third-order valence-corrected chi connectivity index (χ3v) is 5.28. The topological polar surface area (TPSA) is 27.7 Å². The van der Waals surface area contributed by atoms with Gasteiger partial charge in [-0.1, -0.05) is 74.5 Å². The summed E-state index contributed by atoms with van der Waals surface area (Å²) in [6.07, 6.45) is 0.331. The van der Waals surface area contributed by atoms with Gasteiger partial charge >= 0.3 is 0 Å². The molecule has 0 radical (unpaired) electrons. The summed E-state index contributed by atoms with van der Waals surface area (Å²) in [7, 11) is 0. The first-order valence-corrected chi connectivity index (χ1v) is 10.0. The van der Waals surface area contributed by atoms with Crippen LogP contribution >= 0.6 is 0 Å². The van der Waals surface area contributed by atoms with Gasteiger partial charge in [-0.2, -0.15) is 0 Å². The molecule has 2 aromatic carbocycles. The fourth-order valence-corrected chi connectivity index (χ4v) is 3.03. The van der Waals surface area contributed by atoms with Crippen LogP contribution in [0.3, 0.4) is 0 Å². The second-order valence-electron chi connectivity index (χ2n) is 7.16. The summed E-state index contributed by atoms with van der Waals surface area (Å²) in [6, 6.07) is 21.0. The van der Waals surface area contributed by atoms with Gasteiger partial charge in [-0.25, -0.2) is 0 Å². The molecule has 4 unspecified atom stereocenters. The standard InChI is InChI=1S/C24H34O3/c1-19(23-11-7-5-8-12-23)21(3)26-17-15-25-16-18-27-22(4)20(2)24-13-9-6-10-14-24/h5-14,19-22H,15-18H2,1-4H3. The quantitative estimate of drug-likeness (QED) is 0.467. The van der Waals surface area contributed by atoms with Crippen molar-refractivity contribution in [1.82, 2.24) is 0 Å². The first-order chi connectivity index (χ1) is 13.1. The zero-order valence-corrected chi connectivity index (χ0v) is 17.1. The summed E-state index contributed by atoms with van der Waals surface area (Å²) in [5.74, 6) is 0.740. The van der Waals surface area contributed by atoms with Crippen molar-refractivity contribution in [2.75, 3.05) is 26.4 Å². The largest absolute Gasteiger partial charge is 0.377 e. The lowest BCUT2D eigenvalue weighted by Crippen LogP contribution is -2.21. The summed E-state index contributed by atoms with van der Waals surface area (Å²) in [6.45, 7) is 11.0. The van der Waals surface area contributed by atoms with E-state index >= 15 is 0 Å². The molecule has 0 aliphatic rings. The minimum Gasteiger partial charge on any atom is -0.377 e. The van der Waals surface area contributed by atoms with Crippen LogP contribution in [0, 0.1) is 0 Å². The van der Waals surface area contributed by atoms with E-state index < -0.39 is 0 Å². The van der Waals surface area contributed by atoms with Crippen LogP contribution in [-0.4, -0.2) is 38.6 Å². The molecule has 3 nitrogen and oxygen atoms in total. The Morgan fingerprint density at radius 2 is 0.926 bits per heavy atom. The first-order valence-electron chi connectivity index (χ1n) is 10.0. The minimum absolute atomic E-state index is 0.166. The van der Waals surface area contributed by atoms with Crippen LogP contribution in [0.5, 0.6) is 0 Å². The van der Waals surface area contributed by atoms with E-state index in [0.717, 1.165) is 0 Å². The van der Waals surface area contributed by atoms with Gasteiger partial charge in [0.25, 0.3) is 0 Å². The second-order valence-corrected chi connectivity index (χ2v) is 7.16. The lowest BCUT2D eigenvalue weighted by molar-refractivity contribution is -0.0265. The van der Waals surface area contributed by atoms with Crippen LogP contribution in [0.1, 0.15) is 50.7 Å². The predicted molar refractivity (Wildman–Crippen MR) is 111 cm³/mol. The van der Waals surface area contributed by atoms with Crippen LogP contribution in [0.25, 0.3) is 0 Å². The van der Waals surface area contributed by atoms with Gasteiger partial charge in [0, 0.05) is 11.8 Å². The molecule has 0 amide bonds. The number of hydrogen-bond acceptors (Lipinski definition) is 3. The average Bonchev–Trinajstić information content (AvgIpc) is 2.72. The van der Waals surface area contributed by atoms with Crippen molar-refractivity contribution in [3.05, 3.63) is 71.8 Å². The van der Waals surface area contributed by atoms with Crippen molar-refractivity contribution in [2.45, 2.75) is 51.7 Å². The van der Waals surface area contributed by atoms with E-state index in [9.17, 15) is 0 Å². The SMILES string of the molecule is CC(OCCOCCOC(C)C(C)c1ccccc1)C(C)c1ccccc1. The van der Waals surface area contributed by atoms with Crippen molar-refractivity contribution < 1.29 is 14.2 Å². The van der Waals surface area contributed by atoms with Gasteiger partial charge in [-0.15, -0.1) is 0 Å². The van der Waals surface area contributed by atoms with E-state index in [4.69, 9.17) is 14.2 Å². The molecule has 0 saturated heterocycles. The Morgan fingerprint density at radius 1 is 0.556 bits per heavy atom. The third kappa shape index (κ3) is 7.45. The molecule has 0 bridgehead atoms. The van der Waals surface area contributed by atoms with Crippen LogP contribution in [0.4, 0.5) is 0 Å². The van der Waals surface area contributed by atoms with E-state index in [1.54, 1.807) is 0 Å². The molecule has 0 aliphatic heterocycles. The smallest absolute Gasteiger partial charge is 0.0704 e. The van der Waals surface area contributed by atoms with E-state index in [2.05, 4.69) is 76.2 Å². The Bertz CT molecular complexity index is 559. The van der Waals surface area contributed by atoms with Crippen LogP contribution in [0.15, 0.2) is 60.7 Å². The van der Waals surface area contributed by atoms with Gasteiger partial charge < -0.3 is 14.2 Å². The Morgan fingerprint density at radius 3 is 1.30 bits per heavy atom. The summed E-state index contributed by atoms with van der Waals surface area (Å²) in [5.41, 5.74) is 2.61. The van der Waals surface area contributed by atoms with Gasteiger partial charge in [0.2, 0.25) is 0 Å². The van der Waals surface area contributed by atoms with Crippen molar-refractivity contribution in [3.63, 3.8) is 0 Å². The molecule has 0 heterocycles. The molecule has 2 aromatic rings. The second kappa shape index (κ2) is 11.9. The van der Waals surface area contributed by atoms with E-state index in [1.165, 1.54) is 11.1 Å². The molecular weight excluding hydrogens is 336 g/mol. The fourth-order valence-electron chi connectivity index (χ4n) is 3.03. The Hall–Kier alpha value is -1.68. The normalized spacial score (nSPS) is 15.9. The highest BCUT2D eigenvalue weighted by Crippen LogP contribution is 2.21. The number of ether oxygens (including phenoxy) is 3. The van der Waals surface area contributed by atoms with Crippen LogP contribution < -0.4 is 0 Å². The molecule has 0 fully saturated rings. The molecular formula is C24H34O3. The summed E-state index contributed by atoms with van der Waals surface area (Å²) < 4.78 is 17.5. The Labute approximate surface area is 164 Å². The summed E-state index contributed by atoms with van der Waals surface area (Å²) >= 11 is 0. The van der Waals surface area contributed by atoms with Crippen molar-refractivity contribution in [3.8, 4) is 0 Å². The van der Waals surface area contributed by atoms with Crippen molar-refractivity contribution >= 4 is 0 Å². The maximum Gasteiger partial charge on any atom is 0.0704 e. The Balaban J connectivity index is 1.54. The molecule has 0 spiro atoms. The number of benzene rings is 2. The maximum absolute atomic E-state index is 5.92. The number of rotatable bonds is 12. The molecule has 0 N–H and O–H groups in total. The molecule has 3 heteroatoms. The molecule has 0 aromatic heterocycles. The number of hydrogen-bond donors (Lipinski definition) is 0. The van der Waals surface area contributed by atoms with Gasteiger partial charge in [0.1, 0.15) is 0 Å². The molecule has 27 heavy (non-hydrogen) atoms. The maximum atomic E-state index is 5.92. The molecule has 148 valence electrons. The molecule has 2 rings (SSSR count). The van der Waals surface area contributed by atoms with Crippen molar-refractivity contribution in [1.29, 1.82) is 0 Å². The van der Waals surface area contributed by atoms with Crippen molar-refractivity contribution in [2.24, 2.45) is 0 Å². The summed E-state index contributed by atoms with van der Waals surface area (Å²) in [4.78, 5) is 0. The highest BCUT2D eigenvalue weighted by molar-refractivity contribution is 5.20. The van der Waals surface area contributed by atoms with Crippen LogP contribution in [0.2, 0.25) is 0 Å². The average molecular weight is 371 g/mol. The molecule has 0 saturated carbocycles. The zero-order valence-electron chi connectivity index (χ0n) is 17.1. The lowest BCUT2D eigenvalue weighted by Gasteiger charge is -2.22.